The molecule has 1 fully saturated rings. The summed E-state index contributed by atoms with van der Waals surface area (Å²) in [5.41, 5.74) is 1.75. The lowest BCUT2D eigenvalue weighted by Gasteiger charge is -2.24. The average Bonchev–Trinajstić information content (AvgIpc) is 2.79. The summed E-state index contributed by atoms with van der Waals surface area (Å²) in [6.45, 7) is 4.31. The van der Waals surface area contributed by atoms with Crippen molar-refractivity contribution in [2.45, 2.75) is 39.2 Å². The van der Waals surface area contributed by atoms with E-state index in [-0.39, 0.29) is 17.7 Å². The monoisotopic (exact) mass is 323 g/mol. The molecular formula is C15H18BrNO2. The van der Waals surface area contributed by atoms with Crippen LogP contribution < -0.4 is 0 Å². The van der Waals surface area contributed by atoms with Crippen LogP contribution in [-0.4, -0.2) is 29.2 Å². The maximum atomic E-state index is 12.5. The molecule has 1 unspecified atom stereocenters. The van der Waals surface area contributed by atoms with Gasteiger partial charge in [0.05, 0.1) is 0 Å². The Hall–Kier alpha value is -1.16. The number of hydrogen-bond acceptors (Lipinski definition) is 2. The zero-order chi connectivity index (χ0) is 14.0. The lowest BCUT2D eigenvalue weighted by Crippen LogP contribution is -2.36. The summed E-state index contributed by atoms with van der Waals surface area (Å²) in [6, 6.07) is 5.71. The van der Waals surface area contributed by atoms with Gasteiger partial charge in [-0.2, -0.15) is 0 Å². The summed E-state index contributed by atoms with van der Waals surface area (Å²) in [5, 5.41) is 0. The second-order valence-corrected chi connectivity index (χ2v) is 6.02. The first-order valence-electron chi connectivity index (χ1n) is 6.55. The fourth-order valence-corrected chi connectivity index (χ4v) is 2.84. The van der Waals surface area contributed by atoms with E-state index in [4.69, 9.17) is 0 Å². The molecule has 4 heteroatoms. The van der Waals surface area contributed by atoms with E-state index >= 15 is 0 Å². The van der Waals surface area contributed by atoms with Gasteiger partial charge in [-0.1, -0.05) is 15.9 Å². The topological polar surface area (TPSA) is 37.4 Å². The van der Waals surface area contributed by atoms with E-state index in [1.54, 1.807) is 6.92 Å². The summed E-state index contributed by atoms with van der Waals surface area (Å²) in [4.78, 5) is 25.6. The van der Waals surface area contributed by atoms with Crippen molar-refractivity contribution in [3.05, 3.63) is 33.8 Å². The largest absolute Gasteiger partial charge is 0.335 e. The number of hydrogen-bond donors (Lipinski definition) is 0. The van der Waals surface area contributed by atoms with E-state index in [2.05, 4.69) is 15.9 Å². The van der Waals surface area contributed by atoms with Crippen LogP contribution in [0, 0.1) is 6.92 Å². The van der Waals surface area contributed by atoms with Gasteiger partial charge < -0.3 is 4.90 Å². The molecule has 0 bridgehead atoms. The summed E-state index contributed by atoms with van der Waals surface area (Å²) < 4.78 is 1.01. The summed E-state index contributed by atoms with van der Waals surface area (Å²) >= 11 is 3.44. The molecule has 1 aromatic rings. The predicted octanol–water partition coefficient (Wildman–Crippen LogP) is 3.34. The molecule has 0 aliphatic carbocycles. The van der Waals surface area contributed by atoms with Crippen LogP contribution in [0.3, 0.4) is 0 Å². The van der Waals surface area contributed by atoms with Crippen molar-refractivity contribution in [1.29, 1.82) is 0 Å². The van der Waals surface area contributed by atoms with Gasteiger partial charge in [-0.05, 0) is 50.5 Å². The smallest absolute Gasteiger partial charge is 0.254 e. The zero-order valence-corrected chi connectivity index (χ0v) is 12.9. The third-order valence-corrected chi connectivity index (χ3v) is 4.46. The molecule has 1 aliphatic rings. The number of halogens is 1. The van der Waals surface area contributed by atoms with Gasteiger partial charge in [0.25, 0.3) is 5.91 Å². The minimum Gasteiger partial charge on any atom is -0.335 e. The van der Waals surface area contributed by atoms with Crippen LogP contribution in [0.4, 0.5) is 0 Å². The van der Waals surface area contributed by atoms with Crippen molar-refractivity contribution in [2.24, 2.45) is 0 Å². The predicted molar refractivity (Wildman–Crippen MR) is 78.2 cm³/mol. The molecule has 1 aromatic carbocycles. The van der Waals surface area contributed by atoms with E-state index in [1.165, 1.54) is 0 Å². The minimum absolute atomic E-state index is 0.0411. The third kappa shape index (κ3) is 3.24. The fraction of sp³-hybridized carbons (Fsp3) is 0.467. The first-order valence-corrected chi connectivity index (χ1v) is 7.35. The van der Waals surface area contributed by atoms with E-state index in [0.717, 1.165) is 29.4 Å². The molecule has 0 spiro atoms. The van der Waals surface area contributed by atoms with Crippen LogP contribution in [-0.2, 0) is 4.79 Å². The van der Waals surface area contributed by atoms with Gasteiger partial charge in [0.2, 0.25) is 0 Å². The lowest BCUT2D eigenvalue weighted by molar-refractivity contribution is -0.117. The lowest BCUT2D eigenvalue weighted by atomic mass is 10.1. The van der Waals surface area contributed by atoms with Crippen LogP contribution in [0.25, 0.3) is 0 Å². The van der Waals surface area contributed by atoms with Gasteiger partial charge in [-0.3, -0.25) is 9.59 Å². The highest BCUT2D eigenvalue weighted by molar-refractivity contribution is 9.10. The van der Waals surface area contributed by atoms with Crippen molar-refractivity contribution >= 4 is 27.6 Å². The second-order valence-electron chi connectivity index (χ2n) is 5.16. The molecule has 19 heavy (non-hydrogen) atoms. The highest BCUT2D eigenvalue weighted by atomic mass is 79.9. The maximum Gasteiger partial charge on any atom is 0.254 e. The minimum atomic E-state index is 0.0411. The van der Waals surface area contributed by atoms with Crippen LogP contribution >= 0.6 is 15.9 Å². The third-order valence-electron chi connectivity index (χ3n) is 3.57. The highest BCUT2D eigenvalue weighted by Gasteiger charge is 2.30. The molecule has 0 aromatic heterocycles. The molecule has 1 amide bonds. The number of Topliss-reactive ketones (excluding diaryl/α,β-unsaturated/α-hetero) is 1. The molecule has 0 radical (unpaired) electrons. The molecule has 1 saturated heterocycles. The number of likely N-dealkylation sites (tertiary alicyclic amines) is 1. The van der Waals surface area contributed by atoms with Gasteiger partial charge in [0, 0.05) is 29.0 Å². The van der Waals surface area contributed by atoms with Gasteiger partial charge in [0.1, 0.15) is 5.78 Å². The number of rotatable bonds is 3. The summed E-state index contributed by atoms with van der Waals surface area (Å²) in [5.74, 6) is 0.191. The standard InChI is InChI=1S/C15H18BrNO2/c1-10-8-12(5-6-14(10)16)15(19)17-7-3-4-13(17)9-11(2)18/h5-6,8,13H,3-4,7,9H2,1-2H3. The van der Waals surface area contributed by atoms with E-state index in [0.29, 0.717) is 12.0 Å². The van der Waals surface area contributed by atoms with E-state index < -0.39 is 0 Å². The highest BCUT2D eigenvalue weighted by Crippen LogP contribution is 2.24. The molecule has 1 heterocycles. The van der Waals surface area contributed by atoms with Crippen LogP contribution in [0.2, 0.25) is 0 Å². The van der Waals surface area contributed by atoms with Crippen molar-refractivity contribution in [2.75, 3.05) is 6.54 Å². The van der Waals surface area contributed by atoms with E-state index in [1.807, 2.05) is 30.0 Å². The molecule has 2 rings (SSSR count). The number of benzene rings is 1. The van der Waals surface area contributed by atoms with Crippen molar-refractivity contribution in [1.82, 2.24) is 4.90 Å². The number of amides is 1. The van der Waals surface area contributed by atoms with Crippen molar-refractivity contribution in [3.63, 3.8) is 0 Å². The second kappa shape index (κ2) is 5.87. The Labute approximate surface area is 122 Å². The van der Waals surface area contributed by atoms with Crippen molar-refractivity contribution in [3.8, 4) is 0 Å². The fourth-order valence-electron chi connectivity index (χ4n) is 2.59. The number of ketones is 1. The Bertz CT molecular complexity index is 513. The molecular weight excluding hydrogens is 306 g/mol. The average molecular weight is 324 g/mol. The quantitative estimate of drug-likeness (QED) is 0.855. The Balaban J connectivity index is 2.18. The summed E-state index contributed by atoms with van der Waals surface area (Å²) in [6.07, 6.45) is 2.39. The Morgan fingerprint density at radius 2 is 2.16 bits per heavy atom. The van der Waals surface area contributed by atoms with Gasteiger partial charge in [0.15, 0.2) is 0 Å². The maximum absolute atomic E-state index is 12.5. The van der Waals surface area contributed by atoms with Gasteiger partial charge in [-0.15, -0.1) is 0 Å². The molecule has 102 valence electrons. The molecule has 3 nitrogen and oxygen atoms in total. The SMILES string of the molecule is CC(=O)CC1CCCN1C(=O)c1ccc(Br)c(C)c1. The molecule has 1 aliphatic heterocycles. The van der Waals surface area contributed by atoms with Crippen LogP contribution in [0.15, 0.2) is 22.7 Å². The van der Waals surface area contributed by atoms with Crippen LogP contribution in [0.5, 0.6) is 0 Å². The number of carbonyl (C=O) groups excluding carboxylic acids is 2. The van der Waals surface area contributed by atoms with Gasteiger partial charge >= 0.3 is 0 Å². The summed E-state index contributed by atoms with van der Waals surface area (Å²) in [7, 11) is 0. The first kappa shape index (κ1) is 14.3. The van der Waals surface area contributed by atoms with Gasteiger partial charge in [-0.25, -0.2) is 0 Å². The Morgan fingerprint density at radius 3 is 2.79 bits per heavy atom. The normalized spacial score (nSPS) is 18.7. The molecule has 0 N–H and O–H groups in total. The number of nitrogens with zero attached hydrogens (tertiary/aromatic N) is 1. The Kier molecular flexibility index (Phi) is 4.40. The van der Waals surface area contributed by atoms with Crippen molar-refractivity contribution < 1.29 is 9.59 Å². The molecule has 1 atom stereocenters. The number of carbonyl (C=O) groups is 2. The first-order chi connectivity index (χ1) is 8.99. The van der Waals surface area contributed by atoms with Crippen LogP contribution in [0.1, 0.15) is 42.1 Å². The van der Waals surface area contributed by atoms with E-state index in [9.17, 15) is 9.59 Å². The molecule has 0 saturated carbocycles. The Morgan fingerprint density at radius 1 is 1.42 bits per heavy atom. The zero-order valence-electron chi connectivity index (χ0n) is 11.3. The number of aryl methyl sites for hydroxylation is 1.